The van der Waals surface area contributed by atoms with Crippen LogP contribution in [0.25, 0.3) is 5.69 Å². The number of aliphatic imine (C=N–C) groups is 1. The van der Waals surface area contributed by atoms with Crippen LogP contribution < -0.4 is 15.8 Å². The molecule has 7 heteroatoms. The van der Waals surface area contributed by atoms with Crippen molar-refractivity contribution in [3.8, 4) is 11.4 Å². The molecule has 3 rings (SSSR count). The number of guanidine groups is 1. The van der Waals surface area contributed by atoms with Gasteiger partial charge in [-0.2, -0.15) is 0 Å². The number of rotatable bonds is 6. The van der Waals surface area contributed by atoms with E-state index in [1.807, 2.05) is 51.1 Å². The predicted octanol–water partition coefficient (Wildman–Crippen LogP) is 4.03. The number of nitrogens with two attached hydrogens (primary N) is 1. The quantitative estimate of drug-likeness (QED) is 0.499. The molecule has 0 atom stereocenters. The van der Waals surface area contributed by atoms with E-state index in [4.69, 9.17) is 10.5 Å². The third-order valence-corrected chi connectivity index (χ3v) is 4.03. The maximum atomic E-state index is 14.4. The average molecular weight is 381 g/mol. The van der Waals surface area contributed by atoms with Gasteiger partial charge in [0, 0.05) is 18.1 Å². The van der Waals surface area contributed by atoms with Gasteiger partial charge in [-0.3, -0.25) is 0 Å². The zero-order valence-electron chi connectivity index (χ0n) is 16.2. The van der Waals surface area contributed by atoms with Crippen LogP contribution in [0.3, 0.4) is 0 Å². The number of hydrogen-bond donors (Lipinski definition) is 2. The Bertz CT molecular complexity index is 963. The number of aromatic nitrogens is 2. The molecule has 0 aliphatic carbocycles. The van der Waals surface area contributed by atoms with E-state index in [1.165, 1.54) is 6.07 Å². The van der Waals surface area contributed by atoms with Crippen molar-refractivity contribution < 1.29 is 9.13 Å². The first kappa shape index (κ1) is 19.4. The molecule has 1 aromatic heterocycles. The van der Waals surface area contributed by atoms with Gasteiger partial charge in [-0.15, -0.1) is 0 Å². The number of imidazole rings is 1. The Morgan fingerprint density at radius 3 is 2.61 bits per heavy atom. The molecule has 0 bridgehead atoms. The minimum Gasteiger partial charge on any atom is -0.491 e. The molecule has 2 aromatic carbocycles. The highest BCUT2D eigenvalue weighted by atomic mass is 19.1. The SMILES string of the molecule is Cc1nccn1-c1ccc(CN=C(N)Nc2ccc(OC(C)C)cc2)cc1F. The van der Waals surface area contributed by atoms with Crippen LogP contribution >= 0.6 is 0 Å². The second-order valence-corrected chi connectivity index (χ2v) is 6.65. The van der Waals surface area contributed by atoms with E-state index in [0.29, 0.717) is 5.69 Å². The lowest BCUT2D eigenvalue weighted by Crippen LogP contribution is -2.22. The molecule has 0 unspecified atom stereocenters. The number of ether oxygens (including phenoxy) is 1. The summed E-state index contributed by atoms with van der Waals surface area (Å²) in [5.41, 5.74) is 7.92. The van der Waals surface area contributed by atoms with Crippen molar-refractivity contribution in [3.05, 3.63) is 72.1 Å². The van der Waals surface area contributed by atoms with Gasteiger partial charge in [0.1, 0.15) is 17.4 Å². The van der Waals surface area contributed by atoms with Crippen molar-refractivity contribution in [3.63, 3.8) is 0 Å². The maximum absolute atomic E-state index is 14.4. The fourth-order valence-electron chi connectivity index (χ4n) is 2.73. The number of halogens is 1. The normalized spacial score (nSPS) is 11.7. The molecule has 3 N–H and O–H groups in total. The van der Waals surface area contributed by atoms with E-state index in [-0.39, 0.29) is 24.4 Å². The van der Waals surface area contributed by atoms with Gasteiger partial charge in [-0.05, 0) is 62.7 Å². The summed E-state index contributed by atoms with van der Waals surface area (Å²) in [5.74, 6) is 1.44. The number of benzene rings is 2. The van der Waals surface area contributed by atoms with E-state index < -0.39 is 0 Å². The molecule has 28 heavy (non-hydrogen) atoms. The van der Waals surface area contributed by atoms with Crippen LogP contribution in [0.15, 0.2) is 59.9 Å². The minimum absolute atomic E-state index is 0.120. The highest BCUT2D eigenvalue weighted by Crippen LogP contribution is 2.18. The Balaban J connectivity index is 1.63. The standard InChI is InChI=1S/C21H24FN5O/c1-14(2)28-18-7-5-17(6-8-18)26-21(23)25-13-16-4-9-20(19(22)12-16)27-11-10-24-15(27)3/h4-12,14H,13H2,1-3H3,(H3,23,25,26). The first-order valence-corrected chi connectivity index (χ1v) is 9.05. The fourth-order valence-corrected chi connectivity index (χ4v) is 2.73. The topological polar surface area (TPSA) is 77.5 Å². The molecular formula is C21H24FN5O. The van der Waals surface area contributed by atoms with Crippen molar-refractivity contribution in [1.82, 2.24) is 9.55 Å². The summed E-state index contributed by atoms with van der Waals surface area (Å²) in [4.78, 5) is 8.39. The molecule has 0 aliphatic rings. The van der Waals surface area contributed by atoms with Gasteiger partial charge < -0.3 is 20.4 Å². The van der Waals surface area contributed by atoms with E-state index in [0.717, 1.165) is 22.8 Å². The van der Waals surface area contributed by atoms with Gasteiger partial charge in [0.15, 0.2) is 5.96 Å². The lowest BCUT2D eigenvalue weighted by Gasteiger charge is -2.11. The fraction of sp³-hybridized carbons (Fsp3) is 0.238. The van der Waals surface area contributed by atoms with Crippen molar-refractivity contribution in [2.45, 2.75) is 33.4 Å². The van der Waals surface area contributed by atoms with Crippen LogP contribution in [-0.4, -0.2) is 21.6 Å². The second-order valence-electron chi connectivity index (χ2n) is 6.65. The second kappa shape index (κ2) is 8.56. The summed E-state index contributed by atoms with van der Waals surface area (Å²) < 4.78 is 21.7. The van der Waals surface area contributed by atoms with Crippen LogP contribution in [0.5, 0.6) is 5.75 Å². The minimum atomic E-state index is -0.332. The Morgan fingerprint density at radius 1 is 1.25 bits per heavy atom. The summed E-state index contributed by atoms with van der Waals surface area (Å²) in [6.07, 6.45) is 3.49. The molecule has 0 radical (unpaired) electrons. The monoisotopic (exact) mass is 381 g/mol. The average Bonchev–Trinajstić information content (AvgIpc) is 3.07. The molecule has 0 amide bonds. The van der Waals surface area contributed by atoms with Gasteiger partial charge in [0.25, 0.3) is 0 Å². The predicted molar refractivity (Wildman–Crippen MR) is 109 cm³/mol. The largest absolute Gasteiger partial charge is 0.491 e. The molecule has 0 spiro atoms. The van der Waals surface area contributed by atoms with Crippen LogP contribution in [-0.2, 0) is 6.54 Å². The first-order valence-electron chi connectivity index (χ1n) is 9.05. The molecule has 0 saturated carbocycles. The molecule has 1 heterocycles. The van der Waals surface area contributed by atoms with E-state index >= 15 is 0 Å². The summed E-state index contributed by atoms with van der Waals surface area (Å²) in [5, 5.41) is 3.01. The van der Waals surface area contributed by atoms with Crippen molar-refractivity contribution in [1.29, 1.82) is 0 Å². The lowest BCUT2D eigenvalue weighted by atomic mass is 10.2. The van der Waals surface area contributed by atoms with Crippen molar-refractivity contribution >= 4 is 11.6 Å². The third kappa shape index (κ3) is 4.88. The smallest absolute Gasteiger partial charge is 0.193 e. The third-order valence-electron chi connectivity index (χ3n) is 4.03. The number of anilines is 1. The van der Waals surface area contributed by atoms with Crippen molar-refractivity contribution in [2.24, 2.45) is 10.7 Å². The summed E-state index contributed by atoms with van der Waals surface area (Å²) in [6.45, 7) is 6.05. The Morgan fingerprint density at radius 2 is 2.00 bits per heavy atom. The van der Waals surface area contributed by atoms with Gasteiger partial charge in [0.2, 0.25) is 0 Å². The highest BCUT2D eigenvalue weighted by molar-refractivity contribution is 5.92. The maximum Gasteiger partial charge on any atom is 0.193 e. The van der Waals surface area contributed by atoms with E-state index in [9.17, 15) is 4.39 Å². The number of hydrogen-bond acceptors (Lipinski definition) is 3. The Labute approximate surface area is 163 Å². The van der Waals surface area contributed by atoms with Gasteiger partial charge in [-0.1, -0.05) is 6.07 Å². The molecule has 146 valence electrons. The zero-order chi connectivity index (χ0) is 20.1. The molecule has 0 saturated heterocycles. The van der Waals surface area contributed by atoms with Crippen LogP contribution in [0.4, 0.5) is 10.1 Å². The molecule has 3 aromatic rings. The van der Waals surface area contributed by atoms with Gasteiger partial charge >= 0.3 is 0 Å². The summed E-state index contributed by atoms with van der Waals surface area (Å²) in [6, 6.07) is 12.5. The number of nitrogens with one attached hydrogen (secondary N) is 1. The van der Waals surface area contributed by atoms with Crippen LogP contribution in [0.1, 0.15) is 25.2 Å². The van der Waals surface area contributed by atoms with E-state index in [2.05, 4.69) is 15.3 Å². The molecule has 6 nitrogen and oxygen atoms in total. The molecular weight excluding hydrogens is 357 g/mol. The molecule has 0 aliphatic heterocycles. The molecule has 0 fully saturated rings. The first-order chi connectivity index (χ1) is 13.4. The summed E-state index contributed by atoms with van der Waals surface area (Å²) in [7, 11) is 0. The number of nitrogens with zero attached hydrogens (tertiary/aromatic N) is 3. The van der Waals surface area contributed by atoms with Crippen LogP contribution in [0.2, 0.25) is 0 Å². The Hall–Kier alpha value is -3.35. The zero-order valence-corrected chi connectivity index (χ0v) is 16.2. The van der Waals surface area contributed by atoms with E-state index in [1.54, 1.807) is 23.0 Å². The van der Waals surface area contributed by atoms with Gasteiger partial charge in [0.05, 0.1) is 18.3 Å². The summed E-state index contributed by atoms with van der Waals surface area (Å²) >= 11 is 0. The van der Waals surface area contributed by atoms with Crippen molar-refractivity contribution in [2.75, 3.05) is 5.32 Å². The highest BCUT2D eigenvalue weighted by Gasteiger charge is 2.08. The lowest BCUT2D eigenvalue weighted by molar-refractivity contribution is 0.242. The van der Waals surface area contributed by atoms with Crippen LogP contribution in [0, 0.1) is 12.7 Å². The number of aryl methyl sites for hydroxylation is 1. The van der Waals surface area contributed by atoms with Gasteiger partial charge in [-0.25, -0.2) is 14.4 Å². The Kier molecular flexibility index (Phi) is 5.93.